The molecule has 1 unspecified atom stereocenters. The van der Waals surface area contributed by atoms with Crippen molar-refractivity contribution in [1.82, 2.24) is 5.32 Å². The summed E-state index contributed by atoms with van der Waals surface area (Å²) in [5, 5.41) is 14.4. The molecule has 0 heterocycles. The summed E-state index contributed by atoms with van der Waals surface area (Å²) in [7, 11) is -4.15. The Morgan fingerprint density at radius 3 is 2.24 bits per heavy atom. The normalized spacial score (nSPS) is 12.5. The van der Waals surface area contributed by atoms with Gasteiger partial charge in [-0.05, 0) is 72.3 Å². The van der Waals surface area contributed by atoms with Crippen LogP contribution in [0, 0.1) is 0 Å². The van der Waals surface area contributed by atoms with Gasteiger partial charge in [0, 0.05) is 16.0 Å². The molecule has 2 atom stereocenters. The predicted molar refractivity (Wildman–Crippen MR) is 196 cm³/mol. The predicted octanol–water partition coefficient (Wildman–Crippen LogP) is 8.04. The van der Waals surface area contributed by atoms with Gasteiger partial charge in [-0.15, -0.1) is 0 Å². The second-order valence-electron chi connectivity index (χ2n) is 11.7. The maximum absolute atomic E-state index is 13.8. The first kappa shape index (κ1) is 34.4. The van der Waals surface area contributed by atoms with Gasteiger partial charge in [-0.3, -0.25) is 14.3 Å². The zero-order chi connectivity index (χ0) is 35.3. The smallest absolute Gasteiger partial charge is 0.262 e. The highest BCUT2D eigenvalue weighted by Gasteiger charge is 2.27. The zero-order valence-corrected chi connectivity index (χ0v) is 28.5. The lowest BCUT2D eigenvalue weighted by molar-refractivity contribution is -0.128. The first-order valence-electron chi connectivity index (χ1n) is 15.8. The second-order valence-corrected chi connectivity index (χ2v) is 13.8. The molecule has 50 heavy (non-hydrogen) atoms. The summed E-state index contributed by atoms with van der Waals surface area (Å²) in [4.78, 5) is 27.0. The van der Waals surface area contributed by atoms with Gasteiger partial charge in [0.05, 0.1) is 22.2 Å². The van der Waals surface area contributed by atoms with E-state index >= 15 is 0 Å². The maximum Gasteiger partial charge on any atom is 0.262 e. The average Bonchev–Trinajstić information content (AvgIpc) is 3.12. The number of anilines is 1. The minimum absolute atomic E-state index is 0.0242. The van der Waals surface area contributed by atoms with Crippen LogP contribution >= 0.6 is 11.6 Å². The molecule has 6 aromatic carbocycles. The van der Waals surface area contributed by atoms with E-state index in [2.05, 4.69) is 10.0 Å². The molecule has 6 aromatic rings. The molecule has 1 amide bonds. The van der Waals surface area contributed by atoms with E-state index in [9.17, 15) is 23.1 Å². The maximum atomic E-state index is 13.8. The summed E-state index contributed by atoms with van der Waals surface area (Å²) in [5.41, 5.74) is 2.35. The lowest BCUT2D eigenvalue weighted by Gasteiger charge is -2.21. The first-order valence-corrected chi connectivity index (χ1v) is 17.7. The van der Waals surface area contributed by atoms with Crippen molar-refractivity contribution in [3.8, 4) is 22.6 Å². The van der Waals surface area contributed by atoms with E-state index in [0.29, 0.717) is 16.9 Å². The third kappa shape index (κ3) is 7.87. The van der Waals surface area contributed by atoms with Gasteiger partial charge in [0.25, 0.3) is 15.9 Å². The Hall–Kier alpha value is -5.48. The number of nitrogens with one attached hydrogen (secondary N) is 2. The van der Waals surface area contributed by atoms with Crippen LogP contribution in [0.25, 0.3) is 21.9 Å². The Labute approximate surface area is 295 Å². The van der Waals surface area contributed by atoms with E-state index in [4.69, 9.17) is 16.3 Å². The Bertz CT molecular complexity index is 2270. The van der Waals surface area contributed by atoms with Crippen molar-refractivity contribution in [1.29, 1.82) is 0 Å². The highest BCUT2D eigenvalue weighted by atomic mass is 35.5. The minimum Gasteiger partial charge on any atom is -0.457 e. The molecule has 8 nitrogen and oxygen atoms in total. The monoisotopic (exact) mass is 704 g/mol. The summed E-state index contributed by atoms with van der Waals surface area (Å²) in [5.74, 6) is 0.0277. The number of sulfonamides is 1. The second kappa shape index (κ2) is 15.0. The molecule has 0 aliphatic heterocycles. The summed E-state index contributed by atoms with van der Waals surface area (Å²) < 4.78 is 35.9. The van der Waals surface area contributed by atoms with Gasteiger partial charge in [-0.1, -0.05) is 109 Å². The Kier molecular flexibility index (Phi) is 10.3. The molecule has 0 saturated heterocycles. The van der Waals surface area contributed by atoms with Gasteiger partial charge < -0.3 is 15.2 Å². The SMILES string of the molecule is CC(O)C(=O)[C@H](Cc1ccc(-c2ccccc2Oc2ccccc2)cc1)NC(=O)c1cc(Cl)ccc1NS(=O)(=O)c1cccc2ccccc12. The van der Waals surface area contributed by atoms with E-state index in [1.165, 1.54) is 31.2 Å². The number of ketones is 1. The van der Waals surface area contributed by atoms with Gasteiger partial charge in [-0.2, -0.15) is 0 Å². The summed E-state index contributed by atoms with van der Waals surface area (Å²) in [6.07, 6.45) is -1.31. The highest BCUT2D eigenvalue weighted by molar-refractivity contribution is 7.93. The number of para-hydroxylation sites is 2. The summed E-state index contributed by atoms with van der Waals surface area (Å²) in [6.45, 7) is 1.33. The van der Waals surface area contributed by atoms with Crippen molar-refractivity contribution >= 4 is 49.8 Å². The molecule has 10 heteroatoms. The number of benzene rings is 6. The molecule has 0 spiro atoms. The van der Waals surface area contributed by atoms with Crippen LogP contribution in [0.1, 0.15) is 22.8 Å². The number of aliphatic hydroxyl groups is 1. The third-order valence-corrected chi connectivity index (χ3v) is 9.79. The van der Waals surface area contributed by atoms with Crippen molar-refractivity contribution in [2.24, 2.45) is 0 Å². The van der Waals surface area contributed by atoms with E-state index in [0.717, 1.165) is 22.1 Å². The Balaban J connectivity index is 1.24. The number of rotatable bonds is 12. The minimum atomic E-state index is -4.15. The lowest BCUT2D eigenvalue weighted by atomic mass is 9.96. The third-order valence-electron chi connectivity index (χ3n) is 8.13. The molecule has 0 radical (unpaired) electrons. The van der Waals surface area contributed by atoms with Crippen LogP contribution in [0.15, 0.2) is 144 Å². The molecule has 6 rings (SSSR count). The number of carbonyl (C=O) groups excluding carboxylic acids is 2. The molecule has 0 aromatic heterocycles. The molecule has 0 bridgehead atoms. The molecule has 0 saturated carbocycles. The van der Waals surface area contributed by atoms with Crippen LogP contribution in [-0.2, 0) is 21.2 Å². The number of hydrogen-bond acceptors (Lipinski definition) is 6. The fraction of sp³-hybridized carbons (Fsp3) is 0.100. The van der Waals surface area contributed by atoms with Gasteiger partial charge in [-0.25, -0.2) is 8.42 Å². The van der Waals surface area contributed by atoms with E-state index in [1.54, 1.807) is 18.2 Å². The average molecular weight is 705 g/mol. The van der Waals surface area contributed by atoms with Crippen LogP contribution in [0.3, 0.4) is 0 Å². The van der Waals surface area contributed by atoms with E-state index in [1.807, 2.05) is 97.1 Å². The number of fused-ring (bicyclic) bond motifs is 1. The van der Waals surface area contributed by atoms with Crippen LogP contribution in [-0.4, -0.2) is 37.4 Å². The summed E-state index contributed by atoms with van der Waals surface area (Å²) in [6, 6.07) is 39.6. The molecule has 252 valence electrons. The number of aliphatic hydroxyl groups excluding tert-OH is 1. The fourth-order valence-corrected chi connectivity index (χ4v) is 7.12. The molecular weight excluding hydrogens is 672 g/mol. The van der Waals surface area contributed by atoms with Gasteiger partial charge in [0.2, 0.25) is 0 Å². The largest absolute Gasteiger partial charge is 0.457 e. The van der Waals surface area contributed by atoms with E-state index < -0.39 is 33.9 Å². The molecular formula is C40H33ClN2O6S. The first-order chi connectivity index (χ1) is 24.1. The number of hydrogen-bond donors (Lipinski definition) is 3. The lowest BCUT2D eigenvalue weighted by Crippen LogP contribution is -2.46. The number of carbonyl (C=O) groups is 2. The van der Waals surface area contributed by atoms with Gasteiger partial charge >= 0.3 is 0 Å². The van der Waals surface area contributed by atoms with Crippen molar-refractivity contribution in [2.45, 2.75) is 30.4 Å². The summed E-state index contributed by atoms with van der Waals surface area (Å²) >= 11 is 6.26. The van der Waals surface area contributed by atoms with Crippen LogP contribution < -0.4 is 14.8 Å². The Morgan fingerprint density at radius 2 is 1.48 bits per heavy atom. The number of Topliss-reactive ketones (excluding diaryl/α,β-unsaturated/α-hetero) is 1. The molecule has 0 aliphatic carbocycles. The van der Waals surface area contributed by atoms with Crippen molar-refractivity contribution in [2.75, 3.05) is 4.72 Å². The topological polar surface area (TPSA) is 122 Å². The highest BCUT2D eigenvalue weighted by Crippen LogP contribution is 2.34. The zero-order valence-electron chi connectivity index (χ0n) is 26.9. The number of ether oxygens (including phenoxy) is 1. The molecule has 3 N–H and O–H groups in total. The van der Waals surface area contributed by atoms with Crippen molar-refractivity contribution in [3.05, 3.63) is 156 Å². The van der Waals surface area contributed by atoms with Crippen molar-refractivity contribution in [3.63, 3.8) is 0 Å². The van der Waals surface area contributed by atoms with Crippen LogP contribution in [0.2, 0.25) is 5.02 Å². The fourth-order valence-electron chi connectivity index (χ4n) is 5.64. The standard InChI is InChI=1S/C40H33ClN2O6S/c1-26(44)39(45)36(24-27-18-20-29(21-19-27)32-14-7-8-16-37(32)49-31-12-3-2-4-13-31)42-40(46)34-25-30(41)22-23-35(34)43-50(47,48)38-17-9-11-28-10-5-6-15-33(28)38/h2-23,25-26,36,43-44H,24H2,1H3,(H,42,46)/t26?,36-/m0/s1. The Morgan fingerprint density at radius 1 is 0.800 bits per heavy atom. The van der Waals surface area contributed by atoms with Crippen LogP contribution in [0.4, 0.5) is 5.69 Å². The number of amides is 1. The van der Waals surface area contributed by atoms with Crippen molar-refractivity contribution < 1.29 is 27.9 Å². The van der Waals surface area contributed by atoms with Gasteiger partial charge in [0.15, 0.2) is 5.78 Å². The molecule has 0 aliphatic rings. The van der Waals surface area contributed by atoms with Crippen LogP contribution in [0.5, 0.6) is 11.5 Å². The number of halogens is 1. The molecule has 0 fully saturated rings. The van der Waals surface area contributed by atoms with E-state index in [-0.39, 0.29) is 27.6 Å². The van der Waals surface area contributed by atoms with Gasteiger partial charge in [0.1, 0.15) is 17.6 Å². The quantitative estimate of drug-likeness (QED) is 0.119.